The highest BCUT2D eigenvalue weighted by Gasteiger charge is 2.10. The molecule has 0 amide bonds. The largest absolute Gasteiger partial charge is 0.411 e. The summed E-state index contributed by atoms with van der Waals surface area (Å²) in [7, 11) is 0. The Bertz CT molecular complexity index is 292. The number of hydrogen-bond donors (Lipinski definition) is 1. The number of oxime groups is 1. The normalized spacial score (nSPS) is 14.0. The molecule has 1 aromatic rings. The first kappa shape index (κ1) is 10.8. The van der Waals surface area contributed by atoms with Gasteiger partial charge in [0, 0.05) is 5.92 Å². The summed E-state index contributed by atoms with van der Waals surface area (Å²) < 4.78 is 0. The summed E-state index contributed by atoms with van der Waals surface area (Å²) in [6.07, 6.45) is 1.96. The fraction of sp³-hybridized carbons (Fsp3) is 0.417. The predicted molar refractivity (Wildman–Crippen MR) is 58.8 cm³/mol. The zero-order chi connectivity index (χ0) is 10.4. The van der Waals surface area contributed by atoms with E-state index in [2.05, 4.69) is 24.2 Å². The van der Waals surface area contributed by atoms with Gasteiger partial charge in [0.1, 0.15) is 0 Å². The molecule has 0 fully saturated rings. The summed E-state index contributed by atoms with van der Waals surface area (Å²) in [4.78, 5) is 0. The monoisotopic (exact) mass is 191 g/mol. The summed E-state index contributed by atoms with van der Waals surface area (Å²) in [6, 6.07) is 10.3. The molecule has 0 bridgehead atoms. The van der Waals surface area contributed by atoms with Gasteiger partial charge >= 0.3 is 0 Å². The Morgan fingerprint density at radius 3 is 2.50 bits per heavy atom. The molecule has 14 heavy (non-hydrogen) atoms. The van der Waals surface area contributed by atoms with E-state index < -0.39 is 0 Å². The Balaban J connectivity index is 2.67. The summed E-state index contributed by atoms with van der Waals surface area (Å²) in [5.74, 6) is 0.349. The van der Waals surface area contributed by atoms with Crippen LogP contribution < -0.4 is 0 Å². The van der Waals surface area contributed by atoms with Gasteiger partial charge in [-0.25, -0.2) is 0 Å². The van der Waals surface area contributed by atoms with Crippen LogP contribution in [0.15, 0.2) is 35.5 Å². The Labute approximate surface area is 85.3 Å². The van der Waals surface area contributed by atoms with Crippen molar-refractivity contribution in [2.24, 2.45) is 11.1 Å². The third-order valence-corrected chi connectivity index (χ3v) is 2.57. The van der Waals surface area contributed by atoms with Gasteiger partial charge in [-0.05, 0) is 25.3 Å². The molecule has 2 heteroatoms. The van der Waals surface area contributed by atoms with Crippen molar-refractivity contribution in [1.82, 2.24) is 0 Å². The zero-order valence-corrected chi connectivity index (χ0v) is 8.77. The van der Waals surface area contributed by atoms with Crippen LogP contribution in [0.4, 0.5) is 0 Å². The summed E-state index contributed by atoms with van der Waals surface area (Å²) in [5.41, 5.74) is 2.11. The van der Waals surface area contributed by atoms with Crippen molar-refractivity contribution in [3.63, 3.8) is 0 Å². The highest BCUT2D eigenvalue weighted by Crippen LogP contribution is 2.13. The number of benzene rings is 1. The lowest BCUT2D eigenvalue weighted by atomic mass is 9.93. The van der Waals surface area contributed by atoms with Crippen LogP contribution in [-0.4, -0.2) is 10.9 Å². The second kappa shape index (κ2) is 5.43. The van der Waals surface area contributed by atoms with E-state index in [9.17, 15) is 0 Å². The Morgan fingerprint density at radius 2 is 2.00 bits per heavy atom. The third-order valence-electron chi connectivity index (χ3n) is 2.57. The summed E-state index contributed by atoms with van der Waals surface area (Å²) in [6.45, 7) is 3.99. The molecule has 0 heterocycles. The first-order valence-electron chi connectivity index (χ1n) is 5.00. The summed E-state index contributed by atoms with van der Waals surface area (Å²) >= 11 is 0. The minimum atomic E-state index is 0.349. The van der Waals surface area contributed by atoms with Crippen LogP contribution in [0, 0.1) is 5.92 Å². The Kier molecular flexibility index (Phi) is 4.17. The Morgan fingerprint density at radius 1 is 1.36 bits per heavy atom. The standard InChI is InChI=1S/C12H17NO/c1-3-12(10(2)13-14)9-11-7-5-4-6-8-11/h4-8,12,14H,3,9H2,1-2H3. The van der Waals surface area contributed by atoms with Crippen LogP contribution in [-0.2, 0) is 6.42 Å². The third kappa shape index (κ3) is 2.87. The second-order valence-electron chi connectivity index (χ2n) is 3.54. The van der Waals surface area contributed by atoms with Gasteiger partial charge in [0.25, 0.3) is 0 Å². The van der Waals surface area contributed by atoms with Crippen LogP contribution in [0.25, 0.3) is 0 Å². The molecule has 1 N–H and O–H groups in total. The molecular weight excluding hydrogens is 174 g/mol. The molecule has 0 aliphatic rings. The van der Waals surface area contributed by atoms with Crippen LogP contribution in [0.1, 0.15) is 25.8 Å². The molecule has 1 aromatic carbocycles. The van der Waals surface area contributed by atoms with Crippen molar-refractivity contribution in [2.75, 3.05) is 0 Å². The lowest BCUT2D eigenvalue weighted by Crippen LogP contribution is -2.13. The van der Waals surface area contributed by atoms with E-state index in [1.807, 2.05) is 25.1 Å². The number of nitrogens with zero attached hydrogens (tertiary/aromatic N) is 1. The van der Waals surface area contributed by atoms with E-state index in [0.29, 0.717) is 5.92 Å². The van der Waals surface area contributed by atoms with Crippen molar-refractivity contribution >= 4 is 5.71 Å². The Hall–Kier alpha value is -1.31. The molecule has 0 saturated heterocycles. The highest BCUT2D eigenvalue weighted by atomic mass is 16.4. The fourth-order valence-electron chi connectivity index (χ4n) is 1.57. The van der Waals surface area contributed by atoms with Crippen molar-refractivity contribution in [3.05, 3.63) is 35.9 Å². The van der Waals surface area contributed by atoms with E-state index in [1.54, 1.807) is 0 Å². The lowest BCUT2D eigenvalue weighted by Gasteiger charge is -2.12. The molecule has 0 radical (unpaired) electrons. The first-order valence-corrected chi connectivity index (χ1v) is 5.00. The maximum absolute atomic E-state index is 8.70. The van der Waals surface area contributed by atoms with Gasteiger partial charge in [-0.15, -0.1) is 0 Å². The van der Waals surface area contributed by atoms with Crippen LogP contribution in [0.5, 0.6) is 0 Å². The zero-order valence-electron chi connectivity index (χ0n) is 8.77. The molecular formula is C12H17NO. The highest BCUT2D eigenvalue weighted by molar-refractivity contribution is 5.83. The number of rotatable bonds is 4. The average molecular weight is 191 g/mol. The molecule has 0 aliphatic heterocycles. The SMILES string of the molecule is CCC(Cc1ccccc1)C(C)=NO. The molecule has 0 saturated carbocycles. The van der Waals surface area contributed by atoms with E-state index in [0.717, 1.165) is 18.6 Å². The quantitative estimate of drug-likeness (QED) is 0.442. The van der Waals surface area contributed by atoms with Gasteiger partial charge in [-0.1, -0.05) is 42.4 Å². The van der Waals surface area contributed by atoms with Gasteiger partial charge in [0.2, 0.25) is 0 Å². The molecule has 1 rings (SSSR count). The van der Waals surface area contributed by atoms with Gasteiger partial charge in [-0.2, -0.15) is 0 Å². The molecule has 0 aromatic heterocycles. The van der Waals surface area contributed by atoms with Crippen molar-refractivity contribution in [1.29, 1.82) is 0 Å². The molecule has 0 aliphatic carbocycles. The molecule has 0 spiro atoms. The van der Waals surface area contributed by atoms with Gasteiger partial charge < -0.3 is 5.21 Å². The van der Waals surface area contributed by atoms with Gasteiger partial charge in [-0.3, -0.25) is 0 Å². The van der Waals surface area contributed by atoms with E-state index in [4.69, 9.17) is 5.21 Å². The minimum Gasteiger partial charge on any atom is -0.411 e. The lowest BCUT2D eigenvalue weighted by molar-refractivity contribution is 0.314. The van der Waals surface area contributed by atoms with E-state index in [-0.39, 0.29) is 0 Å². The predicted octanol–water partition coefficient (Wildman–Crippen LogP) is 3.11. The van der Waals surface area contributed by atoms with Crippen molar-refractivity contribution in [2.45, 2.75) is 26.7 Å². The fourth-order valence-corrected chi connectivity index (χ4v) is 1.57. The van der Waals surface area contributed by atoms with Crippen LogP contribution in [0.2, 0.25) is 0 Å². The number of hydrogen-bond acceptors (Lipinski definition) is 2. The molecule has 1 unspecified atom stereocenters. The molecule has 2 nitrogen and oxygen atoms in total. The minimum absolute atomic E-state index is 0.349. The van der Waals surface area contributed by atoms with Gasteiger partial charge in [0.05, 0.1) is 5.71 Å². The van der Waals surface area contributed by atoms with Crippen molar-refractivity contribution in [3.8, 4) is 0 Å². The van der Waals surface area contributed by atoms with Crippen LogP contribution >= 0.6 is 0 Å². The van der Waals surface area contributed by atoms with Crippen molar-refractivity contribution < 1.29 is 5.21 Å². The maximum Gasteiger partial charge on any atom is 0.0574 e. The second-order valence-corrected chi connectivity index (χ2v) is 3.54. The van der Waals surface area contributed by atoms with Crippen LogP contribution in [0.3, 0.4) is 0 Å². The first-order chi connectivity index (χ1) is 6.77. The van der Waals surface area contributed by atoms with E-state index >= 15 is 0 Å². The topological polar surface area (TPSA) is 32.6 Å². The molecule has 76 valence electrons. The van der Waals surface area contributed by atoms with E-state index in [1.165, 1.54) is 5.56 Å². The smallest absolute Gasteiger partial charge is 0.0574 e. The average Bonchev–Trinajstić information content (AvgIpc) is 2.26. The van der Waals surface area contributed by atoms with Gasteiger partial charge in [0.15, 0.2) is 0 Å². The maximum atomic E-state index is 8.70. The summed E-state index contributed by atoms with van der Waals surface area (Å²) in [5, 5.41) is 12.0. The molecule has 1 atom stereocenters.